The van der Waals surface area contributed by atoms with Gasteiger partial charge in [-0.3, -0.25) is 4.79 Å². The van der Waals surface area contributed by atoms with E-state index in [1.54, 1.807) is 60.6 Å². The highest BCUT2D eigenvalue weighted by Crippen LogP contribution is 2.45. The highest BCUT2D eigenvalue weighted by Gasteiger charge is 2.43. The lowest BCUT2D eigenvalue weighted by Gasteiger charge is -2.29. The molecule has 0 spiro atoms. The van der Waals surface area contributed by atoms with Crippen molar-refractivity contribution >= 4 is 17.7 Å². The van der Waals surface area contributed by atoms with Crippen LogP contribution in [0.5, 0.6) is 5.75 Å². The van der Waals surface area contributed by atoms with E-state index in [2.05, 4.69) is 0 Å². The highest BCUT2D eigenvalue weighted by atomic mass is 19.1. The third kappa shape index (κ3) is 4.23. The van der Waals surface area contributed by atoms with E-state index in [1.807, 2.05) is 6.08 Å². The van der Waals surface area contributed by atoms with Gasteiger partial charge in [0.05, 0.1) is 18.9 Å². The second-order valence-corrected chi connectivity index (χ2v) is 8.58. The summed E-state index contributed by atoms with van der Waals surface area (Å²) in [6, 6.07) is 19.2. The van der Waals surface area contributed by atoms with Gasteiger partial charge in [-0.15, -0.1) is 0 Å². The number of hydrogen-bond acceptors (Lipinski definition) is 3. The predicted molar refractivity (Wildman–Crippen MR) is 127 cm³/mol. The van der Waals surface area contributed by atoms with Crippen molar-refractivity contribution in [2.45, 2.75) is 25.3 Å². The Morgan fingerprint density at radius 2 is 1.62 bits per heavy atom. The number of ether oxygens (including phenoxy) is 1. The molecule has 3 aromatic rings. The summed E-state index contributed by atoms with van der Waals surface area (Å²) in [6.45, 7) is 0. The van der Waals surface area contributed by atoms with Crippen molar-refractivity contribution < 1.29 is 18.3 Å². The Kier molecular flexibility index (Phi) is 5.97. The van der Waals surface area contributed by atoms with Crippen LogP contribution >= 0.6 is 0 Å². The second kappa shape index (κ2) is 9.21. The van der Waals surface area contributed by atoms with Crippen molar-refractivity contribution in [3.8, 4) is 5.75 Å². The molecular formula is C28H24F2N2O2. The fourth-order valence-electron chi connectivity index (χ4n) is 4.79. The van der Waals surface area contributed by atoms with Crippen LogP contribution in [-0.2, 0) is 0 Å². The SMILES string of the molecule is COc1ccc(C(=O)N2N=C3/C(=C\c4ccc(F)cc4)CCC[C@H]3[C@H]2c2ccc(F)cc2)cc1. The summed E-state index contributed by atoms with van der Waals surface area (Å²) >= 11 is 0. The van der Waals surface area contributed by atoms with Crippen molar-refractivity contribution in [1.29, 1.82) is 0 Å². The molecule has 172 valence electrons. The number of halogens is 2. The Balaban J connectivity index is 1.56. The minimum atomic E-state index is -0.331. The van der Waals surface area contributed by atoms with E-state index in [0.717, 1.165) is 41.7 Å². The van der Waals surface area contributed by atoms with E-state index < -0.39 is 0 Å². The molecule has 0 unspecified atom stereocenters. The fraction of sp³-hybridized carbons (Fsp3) is 0.214. The Bertz CT molecular complexity index is 1250. The summed E-state index contributed by atoms with van der Waals surface area (Å²) in [7, 11) is 1.58. The number of allylic oxidation sites excluding steroid dienone is 1. The number of hydrazone groups is 1. The minimum absolute atomic E-state index is 0.00638. The number of carbonyl (C=O) groups is 1. The van der Waals surface area contributed by atoms with Crippen molar-refractivity contribution in [2.24, 2.45) is 11.0 Å². The largest absolute Gasteiger partial charge is 0.497 e. The summed E-state index contributed by atoms with van der Waals surface area (Å²) < 4.78 is 32.3. The maximum atomic E-state index is 13.7. The number of hydrogen-bond donors (Lipinski definition) is 0. The summed E-state index contributed by atoms with van der Waals surface area (Å²) in [5.74, 6) is -0.170. The number of benzene rings is 3. The quantitative estimate of drug-likeness (QED) is 0.453. The molecule has 1 heterocycles. The molecule has 3 aromatic carbocycles. The molecule has 34 heavy (non-hydrogen) atoms. The molecule has 6 heteroatoms. The monoisotopic (exact) mass is 458 g/mol. The third-order valence-corrected chi connectivity index (χ3v) is 6.47. The molecule has 1 amide bonds. The zero-order valence-corrected chi connectivity index (χ0v) is 18.7. The lowest BCUT2D eigenvalue weighted by atomic mass is 9.77. The summed E-state index contributed by atoms with van der Waals surface area (Å²) in [6.07, 6.45) is 4.66. The number of methoxy groups -OCH3 is 1. The van der Waals surface area contributed by atoms with Gasteiger partial charge < -0.3 is 4.74 Å². The van der Waals surface area contributed by atoms with Crippen LogP contribution in [0.4, 0.5) is 8.78 Å². The van der Waals surface area contributed by atoms with E-state index in [0.29, 0.717) is 11.3 Å². The van der Waals surface area contributed by atoms with Gasteiger partial charge in [0.1, 0.15) is 17.4 Å². The van der Waals surface area contributed by atoms with Crippen LogP contribution in [0.1, 0.15) is 46.8 Å². The minimum Gasteiger partial charge on any atom is -0.497 e. The number of fused-ring (bicyclic) bond motifs is 1. The maximum Gasteiger partial charge on any atom is 0.274 e. The van der Waals surface area contributed by atoms with Crippen molar-refractivity contribution in [1.82, 2.24) is 5.01 Å². The molecule has 0 saturated heterocycles. The molecule has 1 saturated carbocycles. The first kappa shape index (κ1) is 22.0. The van der Waals surface area contributed by atoms with Gasteiger partial charge in [-0.25, -0.2) is 13.8 Å². The molecule has 2 atom stereocenters. The highest BCUT2D eigenvalue weighted by molar-refractivity contribution is 6.09. The van der Waals surface area contributed by atoms with Gasteiger partial charge in [-0.1, -0.05) is 24.3 Å². The lowest BCUT2D eigenvalue weighted by molar-refractivity contribution is 0.0681. The van der Waals surface area contributed by atoms with Gasteiger partial charge in [0.2, 0.25) is 0 Å². The molecule has 1 aliphatic carbocycles. The first-order valence-electron chi connectivity index (χ1n) is 11.3. The fourth-order valence-corrected chi connectivity index (χ4v) is 4.79. The summed E-state index contributed by atoms with van der Waals surface area (Å²) in [5, 5.41) is 6.38. The number of carbonyl (C=O) groups excluding carboxylic acids is 1. The van der Waals surface area contributed by atoms with Crippen LogP contribution in [0.15, 0.2) is 83.5 Å². The Morgan fingerprint density at radius 1 is 0.971 bits per heavy atom. The third-order valence-electron chi connectivity index (χ3n) is 6.47. The summed E-state index contributed by atoms with van der Waals surface area (Å²) in [5.41, 5.74) is 4.14. The van der Waals surface area contributed by atoms with Crippen molar-refractivity contribution in [2.75, 3.05) is 7.11 Å². The van der Waals surface area contributed by atoms with Crippen LogP contribution in [0, 0.1) is 17.6 Å². The van der Waals surface area contributed by atoms with Crippen LogP contribution in [-0.4, -0.2) is 23.7 Å². The average Bonchev–Trinajstić information content (AvgIpc) is 3.26. The zero-order chi connectivity index (χ0) is 23.7. The van der Waals surface area contributed by atoms with Crippen LogP contribution in [0.2, 0.25) is 0 Å². The van der Waals surface area contributed by atoms with Gasteiger partial charge >= 0.3 is 0 Å². The first-order chi connectivity index (χ1) is 16.5. The van der Waals surface area contributed by atoms with Crippen LogP contribution in [0.3, 0.4) is 0 Å². The molecule has 1 aliphatic heterocycles. The number of amides is 1. The standard InChI is InChI=1S/C28H24F2N2O2/c1-34-24-15-9-20(10-16-24)28(33)32-27(19-7-13-23(30)14-8-19)25-4-2-3-21(26(25)31-32)17-18-5-11-22(29)12-6-18/h5-17,25,27H,2-4H2,1H3/b21-17-/t25-,27-/m1/s1. The summed E-state index contributed by atoms with van der Waals surface area (Å²) in [4.78, 5) is 13.6. The van der Waals surface area contributed by atoms with E-state index >= 15 is 0 Å². The molecular weight excluding hydrogens is 434 g/mol. The smallest absolute Gasteiger partial charge is 0.274 e. The van der Waals surface area contributed by atoms with Gasteiger partial charge in [0.25, 0.3) is 5.91 Å². The van der Waals surface area contributed by atoms with Gasteiger partial charge in [0, 0.05) is 11.5 Å². The topological polar surface area (TPSA) is 41.9 Å². The second-order valence-electron chi connectivity index (χ2n) is 8.58. The van der Waals surface area contributed by atoms with Crippen molar-refractivity contribution in [3.63, 3.8) is 0 Å². The normalized spacial score (nSPS) is 20.7. The van der Waals surface area contributed by atoms with E-state index in [4.69, 9.17) is 9.84 Å². The lowest BCUT2D eigenvalue weighted by Crippen LogP contribution is -2.31. The molecule has 0 radical (unpaired) electrons. The molecule has 2 aliphatic rings. The molecule has 5 rings (SSSR count). The molecule has 1 fully saturated rings. The van der Waals surface area contributed by atoms with Crippen molar-refractivity contribution in [3.05, 3.63) is 107 Å². The number of rotatable bonds is 4. The Labute approximate surface area is 197 Å². The van der Waals surface area contributed by atoms with Gasteiger partial charge in [-0.2, -0.15) is 5.10 Å². The Hall–Kier alpha value is -3.80. The van der Waals surface area contributed by atoms with E-state index in [9.17, 15) is 13.6 Å². The predicted octanol–water partition coefficient (Wildman–Crippen LogP) is 6.41. The Morgan fingerprint density at radius 3 is 2.26 bits per heavy atom. The van der Waals surface area contributed by atoms with Crippen LogP contribution < -0.4 is 4.74 Å². The van der Waals surface area contributed by atoms with Gasteiger partial charge in [-0.05, 0) is 90.6 Å². The molecule has 0 aromatic heterocycles. The average molecular weight is 459 g/mol. The molecule has 0 N–H and O–H groups in total. The zero-order valence-electron chi connectivity index (χ0n) is 18.7. The maximum absolute atomic E-state index is 13.7. The molecule has 0 bridgehead atoms. The first-order valence-corrected chi connectivity index (χ1v) is 11.3. The van der Waals surface area contributed by atoms with E-state index in [-0.39, 0.29) is 29.5 Å². The molecule has 4 nitrogen and oxygen atoms in total. The van der Waals surface area contributed by atoms with Gasteiger partial charge in [0.15, 0.2) is 0 Å². The number of nitrogens with zero attached hydrogens (tertiary/aromatic N) is 2. The van der Waals surface area contributed by atoms with E-state index in [1.165, 1.54) is 24.3 Å². The van der Waals surface area contributed by atoms with Crippen LogP contribution in [0.25, 0.3) is 6.08 Å².